The van der Waals surface area contributed by atoms with E-state index in [2.05, 4.69) is 5.10 Å². The summed E-state index contributed by atoms with van der Waals surface area (Å²) >= 11 is 0. The SMILES string of the molecule is CN(C)C(=O)CN(C)S(=O)(=O)c1cnn(Cc2ccccc2)c1. The van der Waals surface area contributed by atoms with Crippen LogP contribution in [0.2, 0.25) is 0 Å². The van der Waals surface area contributed by atoms with Crippen LogP contribution in [0.25, 0.3) is 0 Å². The van der Waals surface area contributed by atoms with E-state index in [1.165, 1.54) is 24.3 Å². The molecule has 8 heteroatoms. The second-order valence-electron chi connectivity index (χ2n) is 5.41. The van der Waals surface area contributed by atoms with E-state index in [4.69, 9.17) is 0 Å². The van der Waals surface area contributed by atoms with Gasteiger partial charge in [0, 0.05) is 27.3 Å². The van der Waals surface area contributed by atoms with Crippen molar-refractivity contribution >= 4 is 15.9 Å². The monoisotopic (exact) mass is 336 g/mol. The summed E-state index contributed by atoms with van der Waals surface area (Å²) in [5, 5.41) is 4.09. The molecule has 1 heterocycles. The fourth-order valence-corrected chi connectivity index (χ4v) is 3.01. The summed E-state index contributed by atoms with van der Waals surface area (Å²) in [6, 6.07) is 9.63. The van der Waals surface area contributed by atoms with Gasteiger partial charge in [0.1, 0.15) is 4.90 Å². The van der Waals surface area contributed by atoms with Gasteiger partial charge in [0.25, 0.3) is 0 Å². The maximum absolute atomic E-state index is 12.5. The molecule has 0 radical (unpaired) electrons. The summed E-state index contributed by atoms with van der Waals surface area (Å²) in [4.78, 5) is 13.1. The van der Waals surface area contributed by atoms with Crippen molar-refractivity contribution in [2.24, 2.45) is 0 Å². The van der Waals surface area contributed by atoms with E-state index in [0.29, 0.717) is 6.54 Å². The lowest BCUT2D eigenvalue weighted by Gasteiger charge is -2.18. The highest BCUT2D eigenvalue weighted by Gasteiger charge is 2.25. The Kier molecular flexibility index (Phi) is 5.17. The third-order valence-corrected chi connectivity index (χ3v) is 5.12. The Morgan fingerprint density at radius 3 is 2.43 bits per heavy atom. The van der Waals surface area contributed by atoms with Crippen LogP contribution in [-0.2, 0) is 21.4 Å². The van der Waals surface area contributed by atoms with Crippen molar-refractivity contribution in [3.05, 3.63) is 48.3 Å². The Morgan fingerprint density at radius 2 is 1.83 bits per heavy atom. The van der Waals surface area contributed by atoms with Gasteiger partial charge in [-0.15, -0.1) is 0 Å². The molecule has 0 aliphatic carbocycles. The molecule has 0 aliphatic heterocycles. The van der Waals surface area contributed by atoms with Crippen molar-refractivity contribution in [2.45, 2.75) is 11.4 Å². The highest BCUT2D eigenvalue weighted by atomic mass is 32.2. The number of benzene rings is 1. The van der Waals surface area contributed by atoms with Gasteiger partial charge in [-0.2, -0.15) is 9.40 Å². The quantitative estimate of drug-likeness (QED) is 0.776. The molecule has 0 N–H and O–H groups in total. The Hall–Kier alpha value is -2.19. The van der Waals surface area contributed by atoms with Crippen LogP contribution < -0.4 is 0 Å². The molecule has 0 saturated carbocycles. The standard InChI is InChI=1S/C15H20N4O3S/c1-17(2)15(20)12-18(3)23(21,22)14-9-16-19(11-14)10-13-7-5-4-6-8-13/h4-9,11H,10,12H2,1-3H3. The van der Waals surface area contributed by atoms with E-state index >= 15 is 0 Å². The minimum absolute atomic E-state index is 0.0717. The molecule has 23 heavy (non-hydrogen) atoms. The third-order valence-electron chi connectivity index (χ3n) is 3.36. The molecular formula is C15H20N4O3S. The summed E-state index contributed by atoms with van der Waals surface area (Å²) in [7, 11) is 0.812. The number of hydrogen-bond donors (Lipinski definition) is 0. The first-order valence-electron chi connectivity index (χ1n) is 7.03. The molecule has 0 unspecified atom stereocenters. The van der Waals surface area contributed by atoms with E-state index in [0.717, 1.165) is 9.87 Å². The fourth-order valence-electron chi connectivity index (χ4n) is 1.93. The van der Waals surface area contributed by atoms with Gasteiger partial charge in [0.2, 0.25) is 15.9 Å². The largest absolute Gasteiger partial charge is 0.348 e. The summed E-state index contributed by atoms with van der Waals surface area (Å²) in [6.07, 6.45) is 2.77. The van der Waals surface area contributed by atoms with E-state index in [-0.39, 0.29) is 17.3 Å². The Balaban J connectivity index is 2.13. The maximum Gasteiger partial charge on any atom is 0.246 e. The van der Waals surface area contributed by atoms with Crippen LogP contribution in [0, 0.1) is 0 Å². The van der Waals surface area contributed by atoms with Crippen molar-refractivity contribution in [2.75, 3.05) is 27.7 Å². The molecule has 0 saturated heterocycles. The summed E-state index contributed by atoms with van der Waals surface area (Å²) in [5.41, 5.74) is 1.02. The molecule has 0 spiro atoms. The lowest BCUT2D eigenvalue weighted by molar-refractivity contribution is -0.128. The first kappa shape index (κ1) is 17.2. The highest BCUT2D eigenvalue weighted by Crippen LogP contribution is 2.14. The van der Waals surface area contributed by atoms with Gasteiger partial charge in [-0.3, -0.25) is 9.48 Å². The highest BCUT2D eigenvalue weighted by molar-refractivity contribution is 7.89. The van der Waals surface area contributed by atoms with Crippen LogP contribution in [-0.4, -0.2) is 61.0 Å². The number of nitrogens with zero attached hydrogens (tertiary/aromatic N) is 4. The van der Waals surface area contributed by atoms with E-state index < -0.39 is 10.0 Å². The molecule has 1 aromatic heterocycles. The summed E-state index contributed by atoms with van der Waals surface area (Å²) in [5.74, 6) is -0.284. The van der Waals surface area contributed by atoms with Gasteiger partial charge < -0.3 is 4.90 Å². The van der Waals surface area contributed by atoms with Crippen LogP contribution in [0.1, 0.15) is 5.56 Å². The first-order chi connectivity index (χ1) is 10.8. The fraction of sp³-hybridized carbons (Fsp3) is 0.333. The van der Waals surface area contributed by atoms with Gasteiger partial charge >= 0.3 is 0 Å². The third kappa shape index (κ3) is 4.17. The number of rotatable bonds is 6. The normalized spacial score (nSPS) is 11.7. The number of carbonyl (C=O) groups is 1. The van der Waals surface area contributed by atoms with Crippen molar-refractivity contribution in [3.63, 3.8) is 0 Å². The van der Waals surface area contributed by atoms with E-state index in [1.54, 1.807) is 18.8 Å². The van der Waals surface area contributed by atoms with E-state index in [1.807, 2.05) is 30.3 Å². The topological polar surface area (TPSA) is 75.5 Å². The minimum Gasteiger partial charge on any atom is -0.348 e. The van der Waals surface area contributed by atoms with Gasteiger partial charge in [-0.1, -0.05) is 30.3 Å². The van der Waals surface area contributed by atoms with Gasteiger partial charge in [0.05, 0.1) is 19.3 Å². The number of amides is 1. The molecule has 0 fully saturated rings. The Bertz CT molecular complexity index is 769. The van der Waals surface area contributed by atoms with Crippen molar-refractivity contribution < 1.29 is 13.2 Å². The second kappa shape index (κ2) is 6.93. The predicted molar refractivity (Wildman–Crippen MR) is 86.3 cm³/mol. The molecular weight excluding hydrogens is 316 g/mol. The zero-order chi connectivity index (χ0) is 17.0. The zero-order valence-corrected chi connectivity index (χ0v) is 14.2. The van der Waals surface area contributed by atoms with Gasteiger partial charge in [0.15, 0.2) is 0 Å². The van der Waals surface area contributed by atoms with E-state index in [9.17, 15) is 13.2 Å². The summed E-state index contributed by atoms with van der Waals surface area (Å²) < 4.78 is 27.5. The number of aromatic nitrogens is 2. The molecule has 124 valence electrons. The molecule has 1 amide bonds. The lowest BCUT2D eigenvalue weighted by atomic mass is 10.2. The average molecular weight is 336 g/mol. The number of likely N-dealkylation sites (N-methyl/N-ethyl adjacent to an activating group) is 2. The Morgan fingerprint density at radius 1 is 1.17 bits per heavy atom. The van der Waals surface area contributed by atoms with Crippen LogP contribution in [0.3, 0.4) is 0 Å². The smallest absolute Gasteiger partial charge is 0.246 e. The van der Waals surface area contributed by atoms with Crippen LogP contribution >= 0.6 is 0 Å². The molecule has 1 aromatic carbocycles. The maximum atomic E-state index is 12.5. The first-order valence-corrected chi connectivity index (χ1v) is 8.47. The molecule has 0 bridgehead atoms. The molecule has 0 aliphatic rings. The lowest BCUT2D eigenvalue weighted by Crippen LogP contribution is -2.37. The number of hydrogen-bond acceptors (Lipinski definition) is 4. The number of sulfonamides is 1. The minimum atomic E-state index is -3.74. The molecule has 2 rings (SSSR count). The zero-order valence-electron chi connectivity index (χ0n) is 13.4. The second-order valence-corrected chi connectivity index (χ2v) is 7.45. The van der Waals surface area contributed by atoms with Crippen LogP contribution in [0.5, 0.6) is 0 Å². The average Bonchev–Trinajstić information content (AvgIpc) is 2.97. The van der Waals surface area contributed by atoms with Crippen molar-refractivity contribution in [3.8, 4) is 0 Å². The van der Waals surface area contributed by atoms with Crippen LogP contribution in [0.4, 0.5) is 0 Å². The van der Waals surface area contributed by atoms with Crippen molar-refractivity contribution in [1.82, 2.24) is 19.0 Å². The number of carbonyl (C=O) groups excluding carboxylic acids is 1. The Labute approximate surface area is 136 Å². The van der Waals surface area contributed by atoms with Crippen LogP contribution in [0.15, 0.2) is 47.6 Å². The van der Waals surface area contributed by atoms with Crippen molar-refractivity contribution in [1.29, 1.82) is 0 Å². The predicted octanol–water partition coefficient (Wildman–Crippen LogP) is 0.640. The molecule has 2 aromatic rings. The molecule has 0 atom stereocenters. The summed E-state index contributed by atoms with van der Waals surface area (Å²) in [6.45, 7) is 0.274. The van der Waals surface area contributed by atoms with Gasteiger partial charge in [-0.25, -0.2) is 8.42 Å². The van der Waals surface area contributed by atoms with Gasteiger partial charge in [-0.05, 0) is 5.56 Å². The molecule has 7 nitrogen and oxygen atoms in total.